The average Bonchev–Trinajstić information content (AvgIpc) is 3.69. The van der Waals surface area contributed by atoms with Gasteiger partial charge in [0.05, 0.1) is 5.92 Å². The Kier molecular flexibility index (Phi) is 11.0. The first-order valence-corrected chi connectivity index (χ1v) is 14.5. The minimum Gasteiger partial charge on any atom is -0.457 e. The van der Waals surface area contributed by atoms with Crippen LogP contribution in [0.5, 0.6) is 0 Å². The zero-order valence-corrected chi connectivity index (χ0v) is 25.2. The van der Waals surface area contributed by atoms with Gasteiger partial charge in [0.15, 0.2) is 56.2 Å². The van der Waals surface area contributed by atoms with Crippen LogP contribution in [0.3, 0.4) is 0 Å². The highest BCUT2D eigenvalue weighted by Crippen LogP contribution is 2.44. The zero-order valence-electron chi connectivity index (χ0n) is 24.3. The van der Waals surface area contributed by atoms with Gasteiger partial charge < -0.3 is 53.9 Å². The van der Waals surface area contributed by atoms with Crippen LogP contribution in [0.4, 0.5) is 0 Å². The van der Waals surface area contributed by atoms with E-state index in [1.807, 2.05) is 0 Å². The minimum atomic E-state index is -2.04. The molecule has 0 aromatic carbocycles. The van der Waals surface area contributed by atoms with Crippen LogP contribution < -0.4 is 23.3 Å². The lowest BCUT2D eigenvalue weighted by molar-refractivity contribution is -0.151. The highest BCUT2D eigenvalue weighted by molar-refractivity contribution is 7.47. The summed E-state index contributed by atoms with van der Waals surface area (Å²) in [6, 6.07) is 0. The second-order valence-corrected chi connectivity index (χ2v) is 10.8. The summed E-state index contributed by atoms with van der Waals surface area (Å²) in [5.41, 5.74) is 0. The van der Waals surface area contributed by atoms with Crippen LogP contribution in [-0.4, -0.2) is 18.1 Å². The number of esters is 2. The third-order valence-electron chi connectivity index (χ3n) is 6.13. The molecule has 0 aliphatic carbocycles. The zero-order chi connectivity index (χ0) is 32.7. The van der Waals surface area contributed by atoms with Crippen molar-refractivity contribution in [2.75, 3.05) is 6.16 Å². The first kappa shape index (κ1) is 33.2. The Morgan fingerprint density at radius 3 is 1.33 bits per heavy atom. The monoisotopic (exact) mass is 658 g/mol. The van der Waals surface area contributed by atoms with Crippen molar-refractivity contribution in [1.82, 2.24) is 0 Å². The van der Waals surface area contributed by atoms with Gasteiger partial charge in [-0.25, -0.2) is 19.2 Å². The van der Waals surface area contributed by atoms with E-state index in [0.717, 1.165) is 0 Å². The summed E-state index contributed by atoms with van der Waals surface area (Å²) in [5, 5.41) is 0. The van der Waals surface area contributed by atoms with Gasteiger partial charge in [-0.05, 0) is 34.1 Å². The summed E-state index contributed by atoms with van der Waals surface area (Å²) in [7, 11) is -2.04. The van der Waals surface area contributed by atoms with Crippen molar-refractivity contribution in [3.05, 3.63) is 88.5 Å². The van der Waals surface area contributed by atoms with Crippen LogP contribution in [0.15, 0.2) is 54.5 Å². The number of hydrogen-bond acceptors (Lipinski definition) is 18. The normalized spacial score (nSPS) is 12.1. The van der Waals surface area contributed by atoms with Gasteiger partial charge in [0.2, 0.25) is 0 Å². The Hall–Kier alpha value is -4.67. The summed E-state index contributed by atoms with van der Waals surface area (Å²) in [5.74, 6) is -5.75. The van der Waals surface area contributed by atoms with Gasteiger partial charge in [-0.15, -0.1) is 0 Å². The fraction of sp³-hybridized carbons (Fsp3) is 0.462. The quantitative estimate of drug-likeness (QED) is 0.124. The first-order valence-electron chi connectivity index (χ1n) is 13.1. The third kappa shape index (κ3) is 9.41. The van der Waals surface area contributed by atoms with Crippen molar-refractivity contribution < 1.29 is 63.4 Å². The number of carbonyl (C=O) groups excluding carboxylic acids is 2. The average molecular weight is 658 g/mol. The molecule has 0 amide bonds. The maximum absolute atomic E-state index is 13.2. The molecule has 244 valence electrons. The molecule has 0 aliphatic heterocycles. The number of carbonyl (C=O) groups is 2. The molecule has 4 rings (SSSR count). The van der Waals surface area contributed by atoms with Gasteiger partial charge >= 0.3 is 35.2 Å². The molecule has 45 heavy (non-hydrogen) atoms. The van der Waals surface area contributed by atoms with Gasteiger partial charge in [-0.1, -0.05) is 0 Å². The highest BCUT2D eigenvalue weighted by atomic mass is 31.2. The smallest absolute Gasteiger partial charge is 0.457 e. The summed E-state index contributed by atoms with van der Waals surface area (Å²) >= 11 is 0. The van der Waals surface area contributed by atoms with E-state index in [1.54, 1.807) is 0 Å². The molecular formula is C26H27O18P. The molecule has 0 radical (unpaired) electrons. The Labute approximate surface area is 251 Å². The lowest BCUT2D eigenvalue weighted by Gasteiger charge is -2.21. The van der Waals surface area contributed by atoms with E-state index in [4.69, 9.17) is 53.9 Å². The molecule has 4 aromatic heterocycles. The fourth-order valence-corrected chi connectivity index (χ4v) is 5.16. The van der Waals surface area contributed by atoms with Crippen molar-refractivity contribution in [2.24, 2.45) is 5.92 Å². The molecule has 18 nitrogen and oxygen atoms in total. The maximum Gasteiger partial charge on any atom is 0.519 e. The van der Waals surface area contributed by atoms with Crippen molar-refractivity contribution >= 4 is 20.3 Å². The van der Waals surface area contributed by atoms with E-state index in [2.05, 4.69) is 0 Å². The van der Waals surface area contributed by atoms with Gasteiger partial charge in [-0.2, -0.15) is 0 Å². The molecule has 0 fully saturated rings. The molecule has 1 unspecified atom stereocenters. The molecule has 19 heteroatoms. The SMILES string of the molecule is Cc1oc(=O)oc1COC(=O)CCC(CP(OCc1oc(=O)oc1C)OCc1oc(=O)oc1C)C(=O)OCc1oc(=O)oc1C. The van der Waals surface area contributed by atoms with Crippen molar-refractivity contribution in [2.45, 2.75) is 67.0 Å². The molecule has 4 heterocycles. The van der Waals surface area contributed by atoms with Crippen LogP contribution in [0.25, 0.3) is 0 Å². The summed E-state index contributed by atoms with van der Waals surface area (Å²) in [6.07, 6.45) is -0.603. The van der Waals surface area contributed by atoms with E-state index in [9.17, 15) is 28.8 Å². The Morgan fingerprint density at radius 2 is 0.956 bits per heavy atom. The molecule has 0 saturated carbocycles. The molecule has 0 bridgehead atoms. The van der Waals surface area contributed by atoms with Crippen molar-refractivity contribution in [3.63, 3.8) is 0 Å². The van der Waals surface area contributed by atoms with Gasteiger partial charge in [0, 0.05) is 12.6 Å². The third-order valence-corrected chi connectivity index (χ3v) is 7.70. The first-order chi connectivity index (χ1) is 21.4. The minimum absolute atomic E-state index is 0.0193. The van der Waals surface area contributed by atoms with E-state index < -0.39 is 56.1 Å². The Morgan fingerprint density at radius 1 is 0.578 bits per heavy atom. The molecular weight excluding hydrogens is 631 g/mol. The lowest BCUT2D eigenvalue weighted by Crippen LogP contribution is -2.23. The van der Waals surface area contributed by atoms with Crippen LogP contribution in [0.2, 0.25) is 0 Å². The summed E-state index contributed by atoms with van der Waals surface area (Å²) in [6.45, 7) is 4.44. The van der Waals surface area contributed by atoms with E-state index in [0.29, 0.717) is 0 Å². The predicted octanol–water partition coefficient (Wildman–Crippen LogP) is 3.03. The Bertz CT molecular complexity index is 1770. The molecule has 0 N–H and O–H groups in total. The van der Waals surface area contributed by atoms with Crippen molar-refractivity contribution in [3.8, 4) is 0 Å². The summed E-state index contributed by atoms with van der Waals surface area (Å²) in [4.78, 5) is 71.3. The topological polar surface area (TPSA) is 244 Å². The van der Waals surface area contributed by atoms with Crippen LogP contribution in [0.1, 0.15) is 58.9 Å². The van der Waals surface area contributed by atoms with Crippen LogP contribution >= 0.6 is 8.38 Å². The second-order valence-electron chi connectivity index (χ2n) is 9.30. The van der Waals surface area contributed by atoms with Crippen molar-refractivity contribution in [1.29, 1.82) is 0 Å². The predicted molar refractivity (Wildman–Crippen MR) is 142 cm³/mol. The van der Waals surface area contributed by atoms with E-state index >= 15 is 0 Å². The second kappa shape index (κ2) is 14.9. The van der Waals surface area contributed by atoms with Gasteiger partial charge in [0.25, 0.3) is 0 Å². The van der Waals surface area contributed by atoms with Crippen LogP contribution in [-0.2, 0) is 54.5 Å². The number of ether oxygens (including phenoxy) is 2. The molecule has 0 saturated heterocycles. The molecule has 0 aliphatic rings. The van der Waals surface area contributed by atoms with E-state index in [-0.39, 0.29) is 84.9 Å². The fourth-order valence-electron chi connectivity index (χ4n) is 3.66. The van der Waals surface area contributed by atoms with E-state index in [1.165, 1.54) is 27.7 Å². The van der Waals surface area contributed by atoms with Gasteiger partial charge in [-0.3, -0.25) is 9.59 Å². The highest BCUT2D eigenvalue weighted by Gasteiger charge is 2.29. The number of rotatable bonds is 16. The maximum atomic E-state index is 13.2. The molecule has 1 atom stereocenters. The number of hydrogen-bond donors (Lipinski definition) is 0. The summed E-state index contributed by atoms with van der Waals surface area (Å²) < 4.78 is 60.9. The number of aryl methyl sites for hydroxylation is 4. The van der Waals surface area contributed by atoms with Crippen LogP contribution in [0, 0.1) is 33.6 Å². The lowest BCUT2D eigenvalue weighted by atomic mass is 10.1. The largest absolute Gasteiger partial charge is 0.519 e. The molecule has 4 aromatic rings. The van der Waals surface area contributed by atoms with Gasteiger partial charge in [0.1, 0.15) is 24.7 Å². The Balaban J connectivity index is 1.48. The molecule has 0 spiro atoms. The standard InChI is InChI=1S/C26H27O18P/c1-12-17(41-23(29)37-12)7-33-21(27)6-5-16(22(28)34-8-18-13(2)38-24(30)42-18)11-45(35-9-19-14(3)39-25(31)43-19)36-10-20-15(4)40-26(32)44-20/h16H,5-11H2,1-4H3.